The van der Waals surface area contributed by atoms with Gasteiger partial charge in [-0.3, -0.25) is 4.79 Å². The predicted octanol–water partition coefficient (Wildman–Crippen LogP) is 2.22. The average Bonchev–Trinajstić information content (AvgIpc) is 3.11. The number of hydrogen-bond acceptors (Lipinski definition) is 6. The van der Waals surface area contributed by atoms with Crippen molar-refractivity contribution in [3.63, 3.8) is 0 Å². The lowest BCUT2D eigenvalue weighted by Crippen LogP contribution is -2.24. The van der Waals surface area contributed by atoms with Crippen LogP contribution in [0.4, 0.5) is 0 Å². The van der Waals surface area contributed by atoms with Gasteiger partial charge in [0.15, 0.2) is 11.2 Å². The number of carbonyl (C=O) groups is 1. The van der Waals surface area contributed by atoms with Crippen LogP contribution in [-0.2, 0) is 11.3 Å². The number of amides is 1. The zero-order chi connectivity index (χ0) is 13.8. The van der Waals surface area contributed by atoms with Crippen molar-refractivity contribution in [3.8, 4) is 0 Å². The van der Waals surface area contributed by atoms with Gasteiger partial charge in [-0.05, 0) is 24.3 Å². The van der Waals surface area contributed by atoms with E-state index in [9.17, 15) is 4.79 Å². The van der Waals surface area contributed by atoms with E-state index in [1.807, 2.05) is 0 Å². The molecule has 0 atom stereocenters. The molecular weight excluding hydrogens is 278 g/mol. The van der Waals surface area contributed by atoms with E-state index in [0.29, 0.717) is 23.0 Å². The summed E-state index contributed by atoms with van der Waals surface area (Å²) in [5.74, 6) is 0.837. The van der Waals surface area contributed by atoms with Crippen molar-refractivity contribution >= 4 is 28.9 Å². The molecule has 0 saturated heterocycles. The third-order valence-electron chi connectivity index (χ3n) is 2.51. The molecule has 0 radical (unpaired) electrons. The van der Waals surface area contributed by atoms with Gasteiger partial charge in [0, 0.05) is 6.20 Å². The van der Waals surface area contributed by atoms with Gasteiger partial charge in [0.1, 0.15) is 5.76 Å². The first kappa shape index (κ1) is 12.7. The van der Waals surface area contributed by atoms with E-state index >= 15 is 0 Å². The van der Waals surface area contributed by atoms with Crippen LogP contribution in [0.5, 0.6) is 0 Å². The maximum absolute atomic E-state index is 11.7. The SMILES string of the molecule is O=C(CSc1nc2ncccc2o1)NCc1ccco1. The number of fused-ring (bicyclic) bond motifs is 1. The van der Waals surface area contributed by atoms with Gasteiger partial charge in [-0.15, -0.1) is 0 Å². The van der Waals surface area contributed by atoms with Crippen LogP contribution in [0.3, 0.4) is 0 Å². The number of oxazole rings is 1. The van der Waals surface area contributed by atoms with Crippen molar-refractivity contribution in [2.24, 2.45) is 0 Å². The number of nitrogens with zero attached hydrogens (tertiary/aromatic N) is 2. The monoisotopic (exact) mass is 289 g/mol. The van der Waals surface area contributed by atoms with Crippen molar-refractivity contribution in [2.75, 3.05) is 5.75 Å². The Bertz CT molecular complexity index is 676. The van der Waals surface area contributed by atoms with Crippen LogP contribution in [0.1, 0.15) is 5.76 Å². The summed E-state index contributed by atoms with van der Waals surface area (Å²) in [6, 6.07) is 7.15. The second kappa shape index (κ2) is 5.79. The highest BCUT2D eigenvalue weighted by atomic mass is 32.2. The molecule has 0 aliphatic rings. The molecule has 20 heavy (non-hydrogen) atoms. The molecule has 0 spiro atoms. The summed E-state index contributed by atoms with van der Waals surface area (Å²) in [6.45, 7) is 0.376. The summed E-state index contributed by atoms with van der Waals surface area (Å²) >= 11 is 1.23. The van der Waals surface area contributed by atoms with Gasteiger partial charge in [0.05, 0.1) is 18.6 Å². The van der Waals surface area contributed by atoms with Gasteiger partial charge >= 0.3 is 0 Å². The number of nitrogens with one attached hydrogen (secondary N) is 1. The highest BCUT2D eigenvalue weighted by Crippen LogP contribution is 2.21. The van der Waals surface area contributed by atoms with Gasteiger partial charge in [0.25, 0.3) is 5.22 Å². The minimum atomic E-state index is -0.110. The fourth-order valence-electron chi connectivity index (χ4n) is 1.59. The molecule has 1 N–H and O–H groups in total. The smallest absolute Gasteiger partial charge is 0.258 e. The Balaban J connectivity index is 1.52. The van der Waals surface area contributed by atoms with Crippen molar-refractivity contribution in [1.82, 2.24) is 15.3 Å². The minimum Gasteiger partial charge on any atom is -0.467 e. The van der Waals surface area contributed by atoms with E-state index in [1.165, 1.54) is 11.8 Å². The molecular formula is C13H11N3O3S. The largest absolute Gasteiger partial charge is 0.467 e. The second-order valence-electron chi connectivity index (χ2n) is 3.95. The molecule has 0 saturated carbocycles. The lowest BCUT2D eigenvalue weighted by Gasteiger charge is -2.00. The van der Waals surface area contributed by atoms with Crippen LogP contribution in [0.25, 0.3) is 11.2 Å². The number of carbonyl (C=O) groups excluding carboxylic acids is 1. The summed E-state index contributed by atoms with van der Waals surface area (Å²) in [5.41, 5.74) is 1.16. The number of thioether (sulfide) groups is 1. The number of furan rings is 1. The third kappa shape index (κ3) is 3.00. The normalized spacial score (nSPS) is 10.8. The number of rotatable bonds is 5. The topological polar surface area (TPSA) is 81.2 Å². The Labute approximate surface area is 118 Å². The molecule has 6 nitrogen and oxygen atoms in total. The number of aromatic nitrogens is 2. The summed E-state index contributed by atoms with van der Waals surface area (Å²) in [5, 5.41) is 3.19. The number of pyridine rings is 1. The van der Waals surface area contributed by atoms with Crippen LogP contribution in [-0.4, -0.2) is 21.6 Å². The Morgan fingerprint density at radius 1 is 1.35 bits per heavy atom. The standard InChI is InChI=1S/C13H11N3O3S/c17-11(15-7-9-3-2-6-18-9)8-20-13-16-12-10(19-13)4-1-5-14-12/h1-6H,7-8H2,(H,15,17). The fraction of sp³-hybridized carbons (Fsp3) is 0.154. The van der Waals surface area contributed by atoms with E-state index in [4.69, 9.17) is 8.83 Å². The highest BCUT2D eigenvalue weighted by molar-refractivity contribution is 7.99. The van der Waals surface area contributed by atoms with Crippen molar-refractivity contribution < 1.29 is 13.6 Å². The molecule has 3 aromatic heterocycles. The first-order chi connectivity index (χ1) is 9.81. The van der Waals surface area contributed by atoms with Gasteiger partial charge in [-0.1, -0.05) is 11.8 Å². The molecule has 0 fully saturated rings. The maximum atomic E-state index is 11.7. The van der Waals surface area contributed by atoms with E-state index in [-0.39, 0.29) is 11.7 Å². The van der Waals surface area contributed by atoms with Crippen molar-refractivity contribution in [3.05, 3.63) is 42.5 Å². The Morgan fingerprint density at radius 3 is 3.10 bits per heavy atom. The molecule has 3 rings (SSSR count). The Kier molecular flexibility index (Phi) is 3.69. The van der Waals surface area contributed by atoms with Crippen molar-refractivity contribution in [2.45, 2.75) is 11.8 Å². The minimum absolute atomic E-state index is 0.110. The zero-order valence-electron chi connectivity index (χ0n) is 10.4. The molecule has 0 bridgehead atoms. The van der Waals surface area contributed by atoms with Crippen LogP contribution >= 0.6 is 11.8 Å². The molecule has 0 unspecified atom stereocenters. The lowest BCUT2D eigenvalue weighted by molar-refractivity contribution is -0.118. The van der Waals surface area contributed by atoms with Crippen LogP contribution in [0, 0.1) is 0 Å². The molecule has 3 heterocycles. The van der Waals surface area contributed by atoms with Crippen molar-refractivity contribution in [1.29, 1.82) is 0 Å². The first-order valence-electron chi connectivity index (χ1n) is 5.95. The quantitative estimate of drug-likeness (QED) is 0.725. The Hall–Kier alpha value is -2.28. The molecule has 0 aromatic carbocycles. The lowest BCUT2D eigenvalue weighted by atomic mass is 10.4. The van der Waals surface area contributed by atoms with Crippen LogP contribution in [0.2, 0.25) is 0 Å². The van der Waals surface area contributed by atoms with Gasteiger partial charge in [0.2, 0.25) is 5.91 Å². The fourth-order valence-corrected chi connectivity index (χ4v) is 2.24. The summed E-state index contributed by atoms with van der Waals surface area (Å²) in [6.07, 6.45) is 3.22. The third-order valence-corrected chi connectivity index (χ3v) is 3.34. The van der Waals surface area contributed by atoms with Gasteiger partial charge in [-0.2, -0.15) is 4.98 Å². The first-order valence-corrected chi connectivity index (χ1v) is 6.93. The van der Waals surface area contributed by atoms with Gasteiger partial charge in [-0.25, -0.2) is 4.98 Å². The molecule has 7 heteroatoms. The van der Waals surface area contributed by atoms with E-state index in [2.05, 4.69) is 15.3 Å². The van der Waals surface area contributed by atoms with E-state index in [0.717, 1.165) is 5.76 Å². The van der Waals surface area contributed by atoms with E-state index in [1.54, 1.807) is 36.7 Å². The highest BCUT2D eigenvalue weighted by Gasteiger charge is 2.09. The zero-order valence-corrected chi connectivity index (χ0v) is 11.2. The molecule has 0 aliphatic carbocycles. The van der Waals surface area contributed by atoms with Crippen LogP contribution < -0.4 is 5.32 Å². The molecule has 0 aliphatic heterocycles. The molecule has 1 amide bonds. The van der Waals surface area contributed by atoms with Gasteiger partial charge < -0.3 is 14.2 Å². The maximum Gasteiger partial charge on any atom is 0.258 e. The summed E-state index contributed by atoms with van der Waals surface area (Å²) in [4.78, 5) is 19.9. The number of hydrogen-bond donors (Lipinski definition) is 1. The molecule has 3 aromatic rings. The second-order valence-corrected chi connectivity index (χ2v) is 4.88. The Morgan fingerprint density at radius 2 is 2.30 bits per heavy atom. The van der Waals surface area contributed by atoms with E-state index < -0.39 is 0 Å². The summed E-state index contributed by atoms with van der Waals surface area (Å²) < 4.78 is 10.6. The summed E-state index contributed by atoms with van der Waals surface area (Å²) in [7, 11) is 0. The average molecular weight is 289 g/mol. The van der Waals surface area contributed by atoms with Crippen LogP contribution in [0.15, 0.2) is 50.8 Å². The predicted molar refractivity (Wildman–Crippen MR) is 73.1 cm³/mol. The molecule has 102 valence electrons.